The van der Waals surface area contributed by atoms with Gasteiger partial charge in [-0.15, -0.1) is 13.2 Å². The Morgan fingerprint density at radius 1 is 1.38 bits per heavy atom. The van der Waals surface area contributed by atoms with Gasteiger partial charge in [0.1, 0.15) is 11.5 Å². The monoisotopic (exact) mass is 445 g/mol. The molecule has 32 heavy (non-hydrogen) atoms. The summed E-state index contributed by atoms with van der Waals surface area (Å²) in [6.45, 7) is 9.56. The Balaban J connectivity index is 0.000000302. The number of H-pyrrole nitrogens is 1. The number of carboxylic acid groups (broad SMARTS) is 1. The molecule has 3 aromatic rings. The van der Waals surface area contributed by atoms with Gasteiger partial charge in [-0.1, -0.05) is 13.8 Å². The summed E-state index contributed by atoms with van der Waals surface area (Å²) in [6.07, 6.45) is 5.01. The Kier molecular flexibility index (Phi) is 10.3. The van der Waals surface area contributed by atoms with Crippen molar-refractivity contribution in [3.63, 3.8) is 0 Å². The summed E-state index contributed by atoms with van der Waals surface area (Å²) in [7, 11) is 0. The second-order valence-electron chi connectivity index (χ2n) is 6.60. The number of fused-ring (bicyclic) bond motifs is 1. The summed E-state index contributed by atoms with van der Waals surface area (Å²) >= 11 is 0. The highest BCUT2D eigenvalue weighted by molar-refractivity contribution is 5.88. The number of halogens is 2. The highest BCUT2D eigenvalue weighted by Crippen LogP contribution is 2.26. The number of anilines is 1. The number of nitrogens with zero attached hydrogens (tertiary/aromatic N) is 5. The molecule has 4 N–H and O–H groups in total. The van der Waals surface area contributed by atoms with Gasteiger partial charge in [-0.3, -0.25) is 9.89 Å². The van der Waals surface area contributed by atoms with Crippen LogP contribution in [0.5, 0.6) is 0 Å². The lowest BCUT2D eigenvalue weighted by molar-refractivity contribution is -0.141. The fourth-order valence-electron chi connectivity index (χ4n) is 1.93. The van der Waals surface area contributed by atoms with E-state index in [9.17, 15) is 13.6 Å². The lowest BCUT2D eigenvalue weighted by Crippen LogP contribution is -2.06. The Bertz CT molecular complexity index is 1080. The van der Waals surface area contributed by atoms with Crippen LogP contribution in [-0.4, -0.2) is 36.2 Å². The first kappa shape index (κ1) is 26.1. The lowest BCUT2D eigenvalue weighted by atomic mass is 10.1. The second kappa shape index (κ2) is 12.7. The predicted octanol–water partition coefficient (Wildman–Crippen LogP) is 4.11. The molecule has 1 saturated carbocycles. The first-order valence-corrected chi connectivity index (χ1v) is 9.67. The third-order valence-electron chi connectivity index (χ3n) is 4.16. The zero-order chi connectivity index (χ0) is 24.3. The highest BCUT2D eigenvalue weighted by Gasteiger charge is 2.19. The van der Waals surface area contributed by atoms with Gasteiger partial charge in [-0.25, -0.2) is 23.7 Å². The van der Waals surface area contributed by atoms with E-state index in [4.69, 9.17) is 16.1 Å². The molecule has 0 spiro atoms. The van der Waals surface area contributed by atoms with Crippen LogP contribution in [0.15, 0.2) is 31.6 Å². The molecule has 4 rings (SSSR count). The minimum absolute atomic E-state index is 0.129. The van der Waals surface area contributed by atoms with Crippen LogP contribution >= 0.6 is 0 Å². The Morgan fingerprint density at radius 2 is 2.03 bits per heavy atom. The average Bonchev–Trinajstić information content (AvgIpc) is 3.56. The van der Waals surface area contributed by atoms with Crippen molar-refractivity contribution in [3.05, 3.63) is 43.3 Å². The van der Waals surface area contributed by atoms with Crippen LogP contribution in [0.4, 0.5) is 14.6 Å². The first-order chi connectivity index (χ1) is 15.3. The van der Waals surface area contributed by atoms with E-state index in [0.717, 1.165) is 31.7 Å². The summed E-state index contributed by atoms with van der Waals surface area (Å²) in [6, 6.07) is 3.38. The molecule has 1 unspecified atom stereocenters. The zero-order valence-corrected chi connectivity index (χ0v) is 17.8. The summed E-state index contributed by atoms with van der Waals surface area (Å²) in [5.41, 5.74) is 6.00. The number of nitriles is 1. The lowest BCUT2D eigenvalue weighted by Gasteiger charge is -1.99. The molecule has 3 aromatic heterocycles. The number of hydrogen-bond acceptors (Lipinski definition) is 7. The van der Waals surface area contributed by atoms with Crippen LogP contribution in [0, 0.1) is 34.8 Å². The van der Waals surface area contributed by atoms with Gasteiger partial charge in [-0.2, -0.15) is 10.4 Å². The van der Waals surface area contributed by atoms with Crippen LogP contribution in [-0.2, 0) is 4.79 Å². The molecular weight excluding hydrogens is 420 g/mol. The minimum atomic E-state index is -0.716. The number of aliphatic carboxylic acids is 1. The van der Waals surface area contributed by atoms with Crippen LogP contribution in [0.3, 0.4) is 0 Å². The first-order valence-electron chi connectivity index (χ1n) is 9.67. The maximum atomic E-state index is 13.1. The van der Waals surface area contributed by atoms with E-state index in [1.165, 1.54) is 6.07 Å². The average molecular weight is 445 g/mol. The minimum Gasteiger partial charge on any atom is -0.481 e. The molecule has 9 nitrogen and oxygen atoms in total. The van der Waals surface area contributed by atoms with Gasteiger partial charge in [-0.05, 0) is 25.3 Å². The highest BCUT2D eigenvalue weighted by atomic mass is 19.1. The van der Waals surface area contributed by atoms with E-state index in [0.29, 0.717) is 22.6 Å². The molecule has 3 heterocycles. The van der Waals surface area contributed by atoms with E-state index in [1.807, 2.05) is 6.92 Å². The fourth-order valence-corrected chi connectivity index (χ4v) is 1.93. The van der Waals surface area contributed by atoms with Crippen LogP contribution in [0.1, 0.15) is 33.1 Å². The van der Waals surface area contributed by atoms with Crippen LogP contribution < -0.4 is 5.73 Å². The Labute approximate surface area is 184 Å². The van der Waals surface area contributed by atoms with Gasteiger partial charge < -0.3 is 10.8 Å². The van der Waals surface area contributed by atoms with E-state index < -0.39 is 17.6 Å². The zero-order valence-electron chi connectivity index (χ0n) is 17.8. The molecule has 0 aliphatic heterocycles. The van der Waals surface area contributed by atoms with Gasteiger partial charge in [0, 0.05) is 5.92 Å². The van der Waals surface area contributed by atoms with Crippen molar-refractivity contribution in [1.82, 2.24) is 25.1 Å². The third-order valence-corrected chi connectivity index (χ3v) is 4.16. The van der Waals surface area contributed by atoms with Crippen LogP contribution in [0.25, 0.3) is 22.6 Å². The number of carboxylic acids is 1. The van der Waals surface area contributed by atoms with Crippen molar-refractivity contribution in [2.24, 2.45) is 11.8 Å². The maximum absolute atomic E-state index is 13.1. The second-order valence-corrected chi connectivity index (χ2v) is 6.60. The van der Waals surface area contributed by atoms with Crippen molar-refractivity contribution in [2.45, 2.75) is 33.1 Å². The molecule has 1 aliphatic carbocycles. The SMILES string of the molecule is C=C.CCC(C)C(=O)O.N#CC1CC1.Nc1nc(-c2[nH]nc3ncc(F)cc23)ncc1F. The van der Waals surface area contributed by atoms with E-state index in [1.54, 1.807) is 6.92 Å². The van der Waals surface area contributed by atoms with E-state index in [2.05, 4.69) is 44.4 Å². The quantitative estimate of drug-likeness (QED) is 0.509. The largest absolute Gasteiger partial charge is 0.481 e. The number of aromatic nitrogens is 5. The van der Waals surface area contributed by atoms with Gasteiger partial charge >= 0.3 is 5.97 Å². The number of rotatable bonds is 3. The number of nitrogens with one attached hydrogen (secondary N) is 1. The molecule has 170 valence electrons. The third kappa shape index (κ3) is 7.71. The molecule has 11 heteroatoms. The van der Waals surface area contributed by atoms with E-state index >= 15 is 0 Å². The summed E-state index contributed by atoms with van der Waals surface area (Å²) < 4.78 is 26.1. The molecule has 1 fully saturated rings. The molecule has 0 aromatic carbocycles. The molecule has 0 bridgehead atoms. The number of pyridine rings is 1. The Morgan fingerprint density at radius 3 is 2.47 bits per heavy atom. The van der Waals surface area contributed by atoms with Crippen molar-refractivity contribution in [2.75, 3.05) is 5.73 Å². The topological polar surface area (TPSA) is 154 Å². The summed E-state index contributed by atoms with van der Waals surface area (Å²) in [4.78, 5) is 21.3. The van der Waals surface area contributed by atoms with Gasteiger partial charge in [0.2, 0.25) is 0 Å². The van der Waals surface area contributed by atoms with Crippen molar-refractivity contribution >= 4 is 22.8 Å². The molecule has 0 radical (unpaired) electrons. The molecular formula is C21H25F2N7O2. The number of carbonyl (C=O) groups is 1. The summed E-state index contributed by atoms with van der Waals surface area (Å²) in [5.74, 6) is -1.83. The van der Waals surface area contributed by atoms with Crippen molar-refractivity contribution < 1.29 is 18.7 Å². The van der Waals surface area contributed by atoms with Crippen LogP contribution in [0.2, 0.25) is 0 Å². The molecule has 0 amide bonds. The normalized spacial score (nSPS) is 12.6. The fraction of sp³-hybridized carbons (Fsp3) is 0.333. The number of aromatic amines is 1. The smallest absolute Gasteiger partial charge is 0.306 e. The molecule has 1 atom stereocenters. The van der Waals surface area contributed by atoms with Gasteiger partial charge in [0.15, 0.2) is 23.1 Å². The summed E-state index contributed by atoms with van der Waals surface area (Å²) in [5, 5.41) is 23.0. The predicted molar refractivity (Wildman–Crippen MR) is 116 cm³/mol. The molecule has 0 saturated heterocycles. The molecule has 1 aliphatic rings. The van der Waals surface area contributed by atoms with Gasteiger partial charge in [0.25, 0.3) is 0 Å². The number of nitrogens with two attached hydrogens (primary N) is 1. The number of nitrogen functional groups attached to an aromatic ring is 1. The standard InChI is InChI=1S/C10H6F2N6.C5H10O2.C4H5N.C2H4/c11-4-1-5-7(17-18-9(5)14-2-4)10-15-3-6(12)8(13)16-10;1-3-4(2)5(6)7;5-3-4-1-2-4;1-2/h1-3H,(H2,13,15,16)(H,14,17,18);4H,3H2,1-2H3,(H,6,7);4H,1-2H2;1-2H2. The Hall–Kier alpha value is -3.94. The van der Waals surface area contributed by atoms with Gasteiger partial charge in [0.05, 0.1) is 29.8 Å². The maximum Gasteiger partial charge on any atom is 0.306 e. The van der Waals surface area contributed by atoms with Crippen molar-refractivity contribution in [1.29, 1.82) is 5.26 Å². The number of hydrogen-bond donors (Lipinski definition) is 3. The van der Waals surface area contributed by atoms with E-state index in [-0.39, 0.29) is 17.6 Å². The van der Waals surface area contributed by atoms with Crippen molar-refractivity contribution in [3.8, 4) is 17.6 Å².